The first-order valence-electron chi connectivity index (χ1n) is 11.7. The molecule has 0 unspecified atom stereocenters. The van der Waals surface area contributed by atoms with E-state index in [9.17, 15) is 24.6 Å². The largest absolute Gasteiger partial charge is 0.478 e. The number of amides is 2. The summed E-state index contributed by atoms with van der Waals surface area (Å²) in [6, 6.07) is 21.0. The van der Waals surface area contributed by atoms with Gasteiger partial charge in [-0.3, -0.25) is 9.59 Å². The van der Waals surface area contributed by atoms with Crippen LogP contribution in [0.4, 0.5) is 11.4 Å². The fraction of sp³-hybridized carbons (Fsp3) is 0.179. The number of aliphatic hydroxyl groups is 1. The van der Waals surface area contributed by atoms with Crippen LogP contribution in [-0.4, -0.2) is 52.1 Å². The Morgan fingerprint density at radius 2 is 1.56 bits per heavy atom. The number of piperidine rings is 1. The highest BCUT2D eigenvalue weighted by atomic mass is 16.4. The molecule has 0 spiro atoms. The molecule has 0 radical (unpaired) electrons. The molecule has 8 nitrogen and oxygen atoms in total. The molecule has 2 aliphatic heterocycles. The molecule has 1 fully saturated rings. The van der Waals surface area contributed by atoms with E-state index >= 15 is 0 Å². The normalized spacial score (nSPS) is 16.8. The molecular formula is C28H25N3O5. The third-order valence-corrected chi connectivity index (χ3v) is 6.48. The first-order valence-corrected chi connectivity index (χ1v) is 11.7. The van der Waals surface area contributed by atoms with Crippen molar-refractivity contribution < 1.29 is 24.6 Å². The Balaban J connectivity index is 1.48. The quantitative estimate of drug-likeness (QED) is 0.409. The summed E-state index contributed by atoms with van der Waals surface area (Å²) in [5.74, 6) is -1.48. The minimum absolute atomic E-state index is 0.0755. The van der Waals surface area contributed by atoms with Crippen LogP contribution in [-0.2, 0) is 4.79 Å². The molecule has 2 aliphatic rings. The Bertz CT molecular complexity index is 1360. The monoisotopic (exact) mass is 483 g/mol. The van der Waals surface area contributed by atoms with Crippen molar-refractivity contribution in [1.29, 1.82) is 0 Å². The zero-order valence-corrected chi connectivity index (χ0v) is 19.4. The first-order chi connectivity index (χ1) is 17.4. The van der Waals surface area contributed by atoms with Gasteiger partial charge in [0, 0.05) is 29.9 Å². The predicted molar refractivity (Wildman–Crippen MR) is 136 cm³/mol. The fourth-order valence-electron chi connectivity index (χ4n) is 4.53. The molecule has 2 amide bonds. The van der Waals surface area contributed by atoms with E-state index in [0.717, 1.165) is 5.56 Å². The van der Waals surface area contributed by atoms with Gasteiger partial charge in [-0.15, -0.1) is 0 Å². The minimum atomic E-state index is -1.07. The van der Waals surface area contributed by atoms with Crippen LogP contribution in [0.2, 0.25) is 0 Å². The van der Waals surface area contributed by atoms with Crippen molar-refractivity contribution in [2.24, 2.45) is 0 Å². The van der Waals surface area contributed by atoms with E-state index in [1.807, 2.05) is 30.3 Å². The Morgan fingerprint density at radius 3 is 2.22 bits per heavy atom. The number of benzene rings is 3. The molecule has 36 heavy (non-hydrogen) atoms. The average molecular weight is 484 g/mol. The number of carbonyl (C=O) groups excluding carboxylic acids is 2. The third-order valence-electron chi connectivity index (χ3n) is 6.48. The molecule has 0 aromatic heterocycles. The van der Waals surface area contributed by atoms with Crippen LogP contribution in [0.3, 0.4) is 0 Å². The second-order valence-corrected chi connectivity index (χ2v) is 8.86. The number of fused-ring (bicyclic) bond motifs is 1. The molecule has 3 aromatic carbocycles. The number of anilines is 2. The van der Waals surface area contributed by atoms with E-state index in [-0.39, 0.29) is 23.5 Å². The van der Waals surface area contributed by atoms with E-state index in [2.05, 4.69) is 10.6 Å². The number of hydrogen-bond acceptors (Lipinski definition) is 5. The molecule has 3 aromatic rings. The van der Waals surface area contributed by atoms with E-state index in [1.165, 1.54) is 12.1 Å². The van der Waals surface area contributed by atoms with Crippen LogP contribution < -0.4 is 10.6 Å². The van der Waals surface area contributed by atoms with Crippen LogP contribution in [0.5, 0.6) is 0 Å². The highest BCUT2D eigenvalue weighted by Gasteiger charge is 2.29. The van der Waals surface area contributed by atoms with Gasteiger partial charge in [-0.2, -0.15) is 0 Å². The number of likely N-dealkylation sites (tertiary alicyclic amines) is 1. The molecule has 5 rings (SSSR count). The van der Waals surface area contributed by atoms with E-state index in [4.69, 9.17) is 0 Å². The second-order valence-electron chi connectivity index (χ2n) is 8.86. The predicted octanol–water partition coefficient (Wildman–Crippen LogP) is 3.91. The van der Waals surface area contributed by atoms with Gasteiger partial charge in [0.2, 0.25) is 0 Å². The number of hydrogen-bond donors (Lipinski definition) is 4. The molecule has 8 heteroatoms. The molecule has 0 atom stereocenters. The highest BCUT2D eigenvalue weighted by molar-refractivity contribution is 6.37. The number of aliphatic hydroxyl groups excluding tert-OH is 1. The molecule has 1 saturated heterocycles. The molecule has 0 saturated carbocycles. The maximum Gasteiger partial charge on any atom is 0.335 e. The zero-order valence-electron chi connectivity index (χ0n) is 19.4. The summed E-state index contributed by atoms with van der Waals surface area (Å²) in [6.45, 7) is 1.06. The number of carboxylic acid groups (broad SMARTS) is 1. The summed E-state index contributed by atoms with van der Waals surface area (Å²) < 4.78 is 0. The maximum atomic E-state index is 13.0. The van der Waals surface area contributed by atoms with E-state index in [0.29, 0.717) is 59.7 Å². The smallest absolute Gasteiger partial charge is 0.335 e. The Hall–Kier alpha value is -4.43. The van der Waals surface area contributed by atoms with Crippen molar-refractivity contribution in [1.82, 2.24) is 4.90 Å². The van der Waals surface area contributed by atoms with Gasteiger partial charge in [0.25, 0.3) is 11.8 Å². The number of rotatable bonds is 5. The van der Waals surface area contributed by atoms with E-state index in [1.54, 1.807) is 35.2 Å². The molecule has 182 valence electrons. The second kappa shape index (κ2) is 9.67. The number of carboxylic acids is 1. The maximum absolute atomic E-state index is 13.0. The summed E-state index contributed by atoms with van der Waals surface area (Å²) in [5, 5.41) is 25.1. The standard InChI is InChI=1S/C28H25N3O5/c32-21-12-14-31(15-13-21)27(34)18-6-9-20(10-7-18)29-25(17-4-2-1-3-5-17)24-22-11-8-19(28(35)36)16-23(22)30-26(24)33/h1-11,16,21,29,32H,12-15H2,(H,30,33)(H,35,36)/b25-24-. The molecule has 4 N–H and O–H groups in total. The summed E-state index contributed by atoms with van der Waals surface area (Å²) in [7, 11) is 0. The van der Waals surface area contributed by atoms with Crippen molar-refractivity contribution in [2.45, 2.75) is 18.9 Å². The van der Waals surface area contributed by atoms with Gasteiger partial charge < -0.3 is 25.7 Å². The average Bonchev–Trinajstić information content (AvgIpc) is 3.23. The number of carbonyl (C=O) groups is 3. The van der Waals surface area contributed by atoms with Crippen LogP contribution in [0.25, 0.3) is 11.3 Å². The lowest BCUT2D eigenvalue weighted by Crippen LogP contribution is -2.40. The van der Waals surface area contributed by atoms with Gasteiger partial charge in [0.1, 0.15) is 0 Å². The third kappa shape index (κ3) is 4.58. The molecular weight excluding hydrogens is 458 g/mol. The van der Waals surface area contributed by atoms with Gasteiger partial charge >= 0.3 is 5.97 Å². The van der Waals surface area contributed by atoms with Crippen LogP contribution in [0, 0.1) is 0 Å². The topological polar surface area (TPSA) is 119 Å². The number of nitrogens with one attached hydrogen (secondary N) is 2. The summed E-state index contributed by atoms with van der Waals surface area (Å²) in [5.41, 5.74) is 4.14. The lowest BCUT2D eigenvalue weighted by molar-refractivity contribution is -0.110. The lowest BCUT2D eigenvalue weighted by Gasteiger charge is -2.29. The van der Waals surface area contributed by atoms with Gasteiger partial charge in [-0.05, 0) is 54.8 Å². The minimum Gasteiger partial charge on any atom is -0.478 e. The lowest BCUT2D eigenvalue weighted by atomic mass is 9.99. The fourth-order valence-corrected chi connectivity index (χ4v) is 4.53. The van der Waals surface area contributed by atoms with Gasteiger partial charge in [-0.1, -0.05) is 36.4 Å². The molecule has 2 heterocycles. The molecule has 0 aliphatic carbocycles. The SMILES string of the molecule is O=C1Nc2cc(C(=O)O)ccc2/C1=C(/Nc1ccc(C(=O)N2CCC(O)CC2)cc1)c1ccccc1. The van der Waals surface area contributed by atoms with Crippen LogP contribution >= 0.6 is 0 Å². The number of aromatic carboxylic acids is 1. The zero-order chi connectivity index (χ0) is 25.2. The Labute approximate surface area is 207 Å². The van der Waals surface area contributed by atoms with Gasteiger partial charge in [0.15, 0.2) is 0 Å². The van der Waals surface area contributed by atoms with Gasteiger partial charge in [-0.25, -0.2) is 4.79 Å². The highest BCUT2D eigenvalue weighted by Crippen LogP contribution is 2.38. The van der Waals surface area contributed by atoms with Crippen molar-refractivity contribution >= 4 is 40.4 Å². The van der Waals surface area contributed by atoms with Crippen molar-refractivity contribution in [2.75, 3.05) is 23.7 Å². The van der Waals surface area contributed by atoms with E-state index < -0.39 is 5.97 Å². The van der Waals surface area contributed by atoms with Crippen LogP contribution in [0.15, 0.2) is 72.8 Å². The molecule has 0 bridgehead atoms. The number of nitrogens with zero attached hydrogens (tertiary/aromatic N) is 1. The van der Waals surface area contributed by atoms with Crippen molar-refractivity contribution in [3.05, 3.63) is 95.1 Å². The van der Waals surface area contributed by atoms with Crippen LogP contribution in [0.1, 0.15) is 44.7 Å². The summed E-state index contributed by atoms with van der Waals surface area (Å²) in [6.07, 6.45) is 0.812. The summed E-state index contributed by atoms with van der Waals surface area (Å²) >= 11 is 0. The van der Waals surface area contributed by atoms with Gasteiger partial charge in [0.05, 0.1) is 28.6 Å². The Morgan fingerprint density at radius 1 is 0.889 bits per heavy atom. The summed E-state index contributed by atoms with van der Waals surface area (Å²) in [4.78, 5) is 39.0. The first kappa shape index (κ1) is 23.3. The van der Waals surface area contributed by atoms with Crippen molar-refractivity contribution in [3.8, 4) is 0 Å². The Kier molecular flexibility index (Phi) is 6.26. The van der Waals surface area contributed by atoms with Crippen molar-refractivity contribution in [3.63, 3.8) is 0 Å².